The molecule has 0 spiro atoms. The van der Waals surface area contributed by atoms with Crippen molar-refractivity contribution in [2.24, 2.45) is 10.1 Å². The number of rotatable bonds is 7. The maximum atomic E-state index is 5.53. The summed E-state index contributed by atoms with van der Waals surface area (Å²) in [4.78, 5) is 5.32. The number of halogens is 1. The molecule has 0 fully saturated rings. The van der Waals surface area contributed by atoms with E-state index in [2.05, 4.69) is 26.0 Å². The van der Waals surface area contributed by atoms with E-state index in [4.69, 9.17) is 13.9 Å². The van der Waals surface area contributed by atoms with Gasteiger partial charge in [-0.15, -0.1) is 11.3 Å². The lowest BCUT2D eigenvalue weighted by atomic mass is 10.2. The van der Waals surface area contributed by atoms with Gasteiger partial charge in [-0.25, -0.2) is 4.68 Å². The Kier molecular flexibility index (Phi) is 6.43. The maximum Gasteiger partial charge on any atom is 0.206 e. The zero-order valence-corrected chi connectivity index (χ0v) is 16.8. The summed E-state index contributed by atoms with van der Waals surface area (Å²) in [5, 5.41) is 6.60. The van der Waals surface area contributed by atoms with E-state index >= 15 is 0 Å². The topological polar surface area (TPSA) is 61.2 Å². The molecule has 8 heteroatoms. The maximum absolute atomic E-state index is 5.53. The zero-order valence-electron chi connectivity index (χ0n) is 14.4. The fourth-order valence-corrected chi connectivity index (χ4v) is 3.50. The van der Waals surface area contributed by atoms with Gasteiger partial charge in [0, 0.05) is 22.5 Å². The first-order valence-corrected chi connectivity index (χ1v) is 9.52. The summed E-state index contributed by atoms with van der Waals surface area (Å²) in [7, 11) is 3.29. The van der Waals surface area contributed by atoms with E-state index in [0.717, 1.165) is 32.0 Å². The summed E-state index contributed by atoms with van der Waals surface area (Å²) in [6, 6.07) is 9.51. The SMILES string of the molecule is COCCN=c1scc(-c2ccco2)n1/N=C/c1cc(Br)ccc1OC. The van der Waals surface area contributed by atoms with Gasteiger partial charge in [0.05, 0.1) is 32.7 Å². The van der Waals surface area contributed by atoms with E-state index in [0.29, 0.717) is 13.2 Å². The van der Waals surface area contributed by atoms with Crippen LogP contribution in [0.1, 0.15) is 5.56 Å². The summed E-state index contributed by atoms with van der Waals surface area (Å²) >= 11 is 4.98. The van der Waals surface area contributed by atoms with Crippen LogP contribution in [0.5, 0.6) is 5.75 Å². The van der Waals surface area contributed by atoms with Crippen molar-refractivity contribution in [2.75, 3.05) is 27.4 Å². The Morgan fingerprint density at radius 1 is 1.31 bits per heavy atom. The van der Waals surface area contributed by atoms with Crippen molar-refractivity contribution >= 4 is 33.5 Å². The van der Waals surface area contributed by atoms with Crippen molar-refractivity contribution < 1.29 is 13.9 Å². The third-order valence-electron chi connectivity index (χ3n) is 3.51. The van der Waals surface area contributed by atoms with Gasteiger partial charge in [0.25, 0.3) is 0 Å². The van der Waals surface area contributed by atoms with Crippen LogP contribution in [0.2, 0.25) is 0 Å². The molecule has 0 unspecified atom stereocenters. The Morgan fingerprint density at radius 2 is 2.19 bits per heavy atom. The van der Waals surface area contributed by atoms with Crippen molar-refractivity contribution in [2.45, 2.75) is 0 Å². The van der Waals surface area contributed by atoms with E-state index < -0.39 is 0 Å². The number of hydrogen-bond donors (Lipinski definition) is 0. The second kappa shape index (κ2) is 8.98. The van der Waals surface area contributed by atoms with Gasteiger partial charge in [0.2, 0.25) is 4.80 Å². The molecule has 0 radical (unpaired) electrons. The highest BCUT2D eigenvalue weighted by atomic mass is 79.9. The van der Waals surface area contributed by atoms with Crippen molar-refractivity contribution in [1.82, 2.24) is 4.68 Å². The summed E-state index contributed by atoms with van der Waals surface area (Å²) in [5.41, 5.74) is 1.69. The van der Waals surface area contributed by atoms with Gasteiger partial charge in [-0.3, -0.25) is 4.99 Å². The lowest BCUT2D eigenvalue weighted by molar-refractivity contribution is 0.207. The molecular formula is C18H18BrN3O3S. The number of thiazole rings is 1. The van der Waals surface area contributed by atoms with Gasteiger partial charge in [0.15, 0.2) is 5.76 Å². The molecular weight excluding hydrogens is 418 g/mol. The highest BCUT2D eigenvalue weighted by Gasteiger charge is 2.10. The Balaban J connectivity index is 2.04. The molecule has 1 aromatic carbocycles. The Bertz CT molecular complexity index is 945. The van der Waals surface area contributed by atoms with Crippen LogP contribution in [-0.2, 0) is 4.74 Å². The largest absolute Gasteiger partial charge is 0.496 e. The fraction of sp³-hybridized carbons (Fsp3) is 0.222. The van der Waals surface area contributed by atoms with Crippen molar-refractivity contribution in [3.8, 4) is 17.2 Å². The third-order valence-corrected chi connectivity index (χ3v) is 4.85. The molecule has 3 rings (SSSR count). The Morgan fingerprint density at radius 3 is 2.92 bits per heavy atom. The quantitative estimate of drug-likeness (QED) is 0.416. The number of hydrogen-bond acceptors (Lipinski definition) is 6. The minimum atomic E-state index is 0.553. The molecule has 136 valence electrons. The van der Waals surface area contributed by atoms with Crippen LogP contribution >= 0.6 is 27.3 Å². The predicted molar refractivity (Wildman–Crippen MR) is 106 cm³/mol. The molecule has 6 nitrogen and oxygen atoms in total. The van der Waals surface area contributed by atoms with Crippen LogP contribution in [0.4, 0.5) is 0 Å². The highest BCUT2D eigenvalue weighted by molar-refractivity contribution is 9.10. The van der Waals surface area contributed by atoms with Crippen molar-refractivity contribution in [3.63, 3.8) is 0 Å². The first-order valence-electron chi connectivity index (χ1n) is 7.84. The number of furan rings is 1. The number of ether oxygens (including phenoxy) is 2. The normalized spacial score (nSPS) is 12.2. The van der Waals surface area contributed by atoms with Crippen LogP contribution in [0.25, 0.3) is 11.5 Å². The average Bonchev–Trinajstić information content (AvgIpc) is 3.30. The molecule has 2 aromatic heterocycles. The van der Waals surface area contributed by atoms with Crippen LogP contribution < -0.4 is 9.54 Å². The summed E-state index contributed by atoms with van der Waals surface area (Å²) < 4.78 is 18.7. The molecule has 0 N–H and O–H groups in total. The smallest absolute Gasteiger partial charge is 0.206 e. The summed E-state index contributed by atoms with van der Waals surface area (Å²) in [6.45, 7) is 1.11. The van der Waals surface area contributed by atoms with Gasteiger partial charge < -0.3 is 13.9 Å². The van der Waals surface area contributed by atoms with Gasteiger partial charge in [-0.05, 0) is 30.3 Å². The Hall–Kier alpha value is -2.16. The molecule has 0 aliphatic carbocycles. The van der Waals surface area contributed by atoms with E-state index in [1.165, 1.54) is 11.3 Å². The van der Waals surface area contributed by atoms with Gasteiger partial charge in [0.1, 0.15) is 11.4 Å². The number of aromatic nitrogens is 1. The highest BCUT2D eigenvalue weighted by Crippen LogP contribution is 2.23. The predicted octanol–water partition coefficient (Wildman–Crippen LogP) is 4.01. The minimum absolute atomic E-state index is 0.553. The average molecular weight is 436 g/mol. The van der Waals surface area contributed by atoms with Gasteiger partial charge >= 0.3 is 0 Å². The lowest BCUT2D eigenvalue weighted by Gasteiger charge is -2.05. The molecule has 0 aliphatic rings. The summed E-state index contributed by atoms with van der Waals surface area (Å²) in [5.74, 6) is 1.47. The van der Waals surface area contributed by atoms with Crippen LogP contribution in [0.15, 0.2) is 61.0 Å². The molecule has 0 saturated carbocycles. The van der Waals surface area contributed by atoms with Crippen LogP contribution in [0.3, 0.4) is 0 Å². The van der Waals surface area contributed by atoms with E-state index in [1.54, 1.807) is 31.4 Å². The molecule has 0 bridgehead atoms. The third kappa shape index (κ3) is 4.32. The fourth-order valence-electron chi connectivity index (χ4n) is 2.27. The molecule has 0 aliphatic heterocycles. The standard InChI is InChI=1S/C18H18BrN3O3S/c1-23-9-7-20-18-22(15(12-26-18)17-4-3-8-25-17)21-11-13-10-14(19)5-6-16(13)24-2/h3-6,8,10-12H,7,9H2,1-2H3/b20-18?,21-11+. The lowest BCUT2D eigenvalue weighted by Crippen LogP contribution is -2.13. The molecule has 0 amide bonds. The summed E-state index contributed by atoms with van der Waals surface area (Å²) in [6.07, 6.45) is 3.39. The van der Waals surface area contributed by atoms with Crippen molar-refractivity contribution in [3.05, 3.63) is 56.8 Å². The zero-order chi connectivity index (χ0) is 18.4. The molecule has 0 saturated heterocycles. The van der Waals surface area contributed by atoms with Crippen molar-refractivity contribution in [1.29, 1.82) is 0 Å². The Labute approximate surface area is 163 Å². The minimum Gasteiger partial charge on any atom is -0.496 e. The number of methoxy groups -OCH3 is 2. The molecule has 2 heterocycles. The van der Waals surface area contributed by atoms with E-state index in [-0.39, 0.29) is 0 Å². The van der Waals surface area contributed by atoms with Gasteiger partial charge in [-0.1, -0.05) is 15.9 Å². The second-order valence-electron chi connectivity index (χ2n) is 5.20. The number of benzene rings is 1. The first kappa shape index (κ1) is 18.6. The van der Waals surface area contributed by atoms with Crippen LogP contribution in [-0.4, -0.2) is 38.3 Å². The van der Waals surface area contributed by atoms with E-state index in [1.807, 2.05) is 35.7 Å². The van der Waals surface area contributed by atoms with Gasteiger partial charge in [-0.2, -0.15) is 5.10 Å². The molecule has 0 atom stereocenters. The molecule has 26 heavy (non-hydrogen) atoms. The monoisotopic (exact) mass is 435 g/mol. The van der Waals surface area contributed by atoms with Crippen LogP contribution in [0, 0.1) is 0 Å². The number of nitrogens with zero attached hydrogens (tertiary/aromatic N) is 3. The van der Waals surface area contributed by atoms with E-state index in [9.17, 15) is 0 Å². The molecule has 3 aromatic rings. The second-order valence-corrected chi connectivity index (χ2v) is 6.95. The first-order chi connectivity index (χ1) is 12.7.